The standard InChI is InChI=1S/C18H30N6O/c1-4-8-19-18-22-15(21-12-6-7-12)14-16(23-18)24(10-20-14)17-11(3)9-13(5-2)25-17/h10-13,17-19,23H,4-9H2,1-3H3,(H,21,22)/t11-,13+,17+,18?/m0/s1. The fourth-order valence-corrected chi connectivity index (χ4v) is 3.65. The first kappa shape index (κ1) is 16.8. The number of imidazole rings is 1. The maximum atomic E-state index is 6.28. The lowest BCUT2D eigenvalue weighted by Gasteiger charge is -2.27. The van der Waals surface area contributed by atoms with Crippen LogP contribution in [0.1, 0.15) is 64.8 Å². The number of hydrogen-bond acceptors (Lipinski definition) is 6. The zero-order valence-corrected chi connectivity index (χ0v) is 15.5. The van der Waals surface area contributed by atoms with E-state index < -0.39 is 0 Å². The Morgan fingerprint density at radius 2 is 2.20 bits per heavy atom. The average molecular weight is 346 g/mol. The number of hydrogen-bond donors (Lipinski definition) is 3. The molecule has 1 unspecified atom stereocenters. The van der Waals surface area contributed by atoms with Gasteiger partial charge >= 0.3 is 0 Å². The molecule has 25 heavy (non-hydrogen) atoms. The van der Waals surface area contributed by atoms with E-state index in [9.17, 15) is 0 Å². The molecule has 3 N–H and O–H groups in total. The number of ether oxygens (including phenoxy) is 1. The summed E-state index contributed by atoms with van der Waals surface area (Å²) in [5, 5.41) is 10.5. The summed E-state index contributed by atoms with van der Waals surface area (Å²) in [7, 11) is 0. The minimum Gasteiger partial charge on any atom is -0.366 e. The number of fused-ring (bicyclic) bond motifs is 1. The van der Waals surface area contributed by atoms with Crippen LogP contribution < -0.4 is 16.0 Å². The van der Waals surface area contributed by atoms with Crippen molar-refractivity contribution < 1.29 is 4.74 Å². The number of nitrogens with one attached hydrogen (secondary N) is 3. The number of amidine groups is 1. The number of rotatable bonds is 6. The quantitative estimate of drug-likeness (QED) is 0.738. The van der Waals surface area contributed by atoms with E-state index in [0.717, 1.165) is 43.2 Å². The van der Waals surface area contributed by atoms with Gasteiger partial charge in [-0.2, -0.15) is 0 Å². The summed E-state index contributed by atoms with van der Waals surface area (Å²) >= 11 is 0. The van der Waals surface area contributed by atoms with Crippen molar-refractivity contribution in [2.24, 2.45) is 10.9 Å². The van der Waals surface area contributed by atoms with Gasteiger partial charge in [0.15, 0.2) is 12.1 Å². The first-order valence-corrected chi connectivity index (χ1v) is 9.76. The Morgan fingerprint density at radius 3 is 2.88 bits per heavy atom. The Morgan fingerprint density at radius 1 is 1.36 bits per heavy atom. The predicted molar refractivity (Wildman–Crippen MR) is 98.6 cm³/mol. The molecule has 1 aromatic rings. The topological polar surface area (TPSA) is 75.5 Å². The minimum absolute atomic E-state index is 0.0424. The molecule has 0 amide bonds. The molecule has 1 aromatic heterocycles. The van der Waals surface area contributed by atoms with Gasteiger partial charge in [-0.05, 0) is 38.6 Å². The van der Waals surface area contributed by atoms with E-state index in [1.165, 1.54) is 12.8 Å². The molecule has 7 nitrogen and oxygen atoms in total. The summed E-state index contributed by atoms with van der Waals surface area (Å²) in [4.78, 5) is 9.46. The largest absolute Gasteiger partial charge is 0.366 e. The van der Waals surface area contributed by atoms with E-state index in [1.807, 2.05) is 6.33 Å². The Bertz CT molecular complexity index is 638. The van der Waals surface area contributed by atoms with Crippen LogP contribution in [0.4, 0.5) is 5.82 Å². The van der Waals surface area contributed by atoms with Crippen LogP contribution in [-0.2, 0) is 4.74 Å². The molecule has 2 fully saturated rings. The van der Waals surface area contributed by atoms with Crippen LogP contribution in [0, 0.1) is 5.92 Å². The fraction of sp³-hybridized carbons (Fsp3) is 0.778. The monoisotopic (exact) mass is 346 g/mol. The second-order valence-corrected chi connectivity index (χ2v) is 7.52. The summed E-state index contributed by atoms with van der Waals surface area (Å²) in [6.45, 7) is 7.54. The third kappa shape index (κ3) is 3.40. The molecule has 0 radical (unpaired) electrons. The SMILES string of the molecule is CCCNC1N=C(NC2CC2)c2ncn([C@@H]3O[C@H](CC)C[C@@H]3C)c2N1. The van der Waals surface area contributed by atoms with Gasteiger partial charge in [-0.25, -0.2) is 9.98 Å². The van der Waals surface area contributed by atoms with Crippen LogP contribution in [0.3, 0.4) is 0 Å². The number of anilines is 1. The third-order valence-corrected chi connectivity index (χ3v) is 5.24. The highest BCUT2D eigenvalue weighted by atomic mass is 16.5. The highest BCUT2D eigenvalue weighted by Gasteiger charge is 2.36. The lowest BCUT2D eigenvalue weighted by Crippen LogP contribution is -2.43. The van der Waals surface area contributed by atoms with E-state index in [1.54, 1.807) is 0 Å². The summed E-state index contributed by atoms with van der Waals surface area (Å²) in [6, 6.07) is 0.549. The van der Waals surface area contributed by atoms with Gasteiger partial charge in [0.05, 0.1) is 12.4 Å². The minimum atomic E-state index is -0.122. The van der Waals surface area contributed by atoms with Gasteiger partial charge in [-0.3, -0.25) is 9.88 Å². The number of aromatic nitrogens is 2. The van der Waals surface area contributed by atoms with Gasteiger partial charge < -0.3 is 15.4 Å². The Labute approximate surface area is 149 Å². The van der Waals surface area contributed by atoms with Gasteiger partial charge in [0.1, 0.15) is 17.7 Å². The smallest absolute Gasteiger partial charge is 0.177 e. The van der Waals surface area contributed by atoms with E-state index in [-0.39, 0.29) is 12.5 Å². The Hall–Kier alpha value is -1.60. The highest BCUT2D eigenvalue weighted by Crippen LogP contribution is 2.38. The van der Waals surface area contributed by atoms with Crippen molar-refractivity contribution in [3.63, 3.8) is 0 Å². The third-order valence-electron chi connectivity index (χ3n) is 5.24. The Kier molecular flexibility index (Phi) is 4.69. The van der Waals surface area contributed by atoms with E-state index in [0.29, 0.717) is 18.1 Å². The molecular formula is C18H30N6O. The van der Waals surface area contributed by atoms with Crippen LogP contribution in [-0.4, -0.2) is 40.4 Å². The maximum Gasteiger partial charge on any atom is 0.177 e. The molecule has 1 aliphatic carbocycles. The maximum absolute atomic E-state index is 6.28. The van der Waals surface area contributed by atoms with Crippen molar-refractivity contribution in [3.8, 4) is 0 Å². The molecule has 3 aliphatic rings. The van der Waals surface area contributed by atoms with Crippen molar-refractivity contribution in [1.82, 2.24) is 20.2 Å². The first-order valence-electron chi connectivity index (χ1n) is 9.76. The van der Waals surface area contributed by atoms with Crippen LogP contribution in [0.2, 0.25) is 0 Å². The predicted octanol–water partition coefficient (Wildman–Crippen LogP) is 2.42. The van der Waals surface area contributed by atoms with Gasteiger partial charge in [-0.1, -0.05) is 20.8 Å². The molecule has 4 atom stereocenters. The molecular weight excluding hydrogens is 316 g/mol. The fourth-order valence-electron chi connectivity index (χ4n) is 3.65. The van der Waals surface area contributed by atoms with Crippen molar-refractivity contribution in [3.05, 3.63) is 12.0 Å². The van der Waals surface area contributed by atoms with Crippen LogP contribution in [0.5, 0.6) is 0 Å². The van der Waals surface area contributed by atoms with Crippen molar-refractivity contribution in [1.29, 1.82) is 0 Å². The molecule has 1 saturated heterocycles. The highest BCUT2D eigenvalue weighted by molar-refractivity contribution is 6.02. The first-order chi connectivity index (χ1) is 12.2. The van der Waals surface area contributed by atoms with Crippen LogP contribution >= 0.6 is 0 Å². The molecule has 1 saturated carbocycles. The van der Waals surface area contributed by atoms with E-state index in [4.69, 9.17) is 9.73 Å². The zero-order valence-electron chi connectivity index (χ0n) is 15.5. The second-order valence-electron chi connectivity index (χ2n) is 7.52. The lowest BCUT2D eigenvalue weighted by atomic mass is 10.0. The summed E-state index contributed by atoms with van der Waals surface area (Å²) in [5.41, 5.74) is 0.914. The summed E-state index contributed by atoms with van der Waals surface area (Å²) < 4.78 is 8.45. The summed E-state index contributed by atoms with van der Waals surface area (Å²) in [6.07, 6.45) is 7.84. The van der Waals surface area contributed by atoms with Gasteiger partial charge in [0, 0.05) is 12.0 Å². The molecule has 7 heteroatoms. The number of aliphatic imine (C=N–C) groups is 1. The molecule has 2 aliphatic heterocycles. The Balaban J connectivity index is 1.60. The van der Waals surface area contributed by atoms with Crippen LogP contribution in [0.25, 0.3) is 0 Å². The van der Waals surface area contributed by atoms with Crippen molar-refractivity contribution >= 4 is 11.7 Å². The molecule has 138 valence electrons. The summed E-state index contributed by atoms with van der Waals surface area (Å²) in [5.74, 6) is 2.40. The van der Waals surface area contributed by atoms with Crippen molar-refractivity contribution in [2.75, 3.05) is 11.9 Å². The van der Waals surface area contributed by atoms with E-state index in [2.05, 4.69) is 46.3 Å². The second kappa shape index (κ2) is 6.96. The average Bonchev–Trinajstić information content (AvgIpc) is 3.20. The van der Waals surface area contributed by atoms with Gasteiger partial charge in [-0.15, -0.1) is 0 Å². The molecule has 0 aromatic carbocycles. The van der Waals surface area contributed by atoms with Crippen LogP contribution in [0.15, 0.2) is 11.3 Å². The lowest BCUT2D eigenvalue weighted by molar-refractivity contribution is -0.0101. The zero-order chi connectivity index (χ0) is 17.4. The van der Waals surface area contributed by atoms with E-state index >= 15 is 0 Å². The molecule has 0 spiro atoms. The molecule has 0 bridgehead atoms. The van der Waals surface area contributed by atoms with Gasteiger partial charge in [0.25, 0.3) is 0 Å². The normalized spacial score (nSPS) is 31.4. The molecule has 4 rings (SSSR count). The number of nitrogens with zero attached hydrogens (tertiary/aromatic N) is 3. The van der Waals surface area contributed by atoms with Gasteiger partial charge in [0.2, 0.25) is 0 Å². The molecule has 3 heterocycles. The van der Waals surface area contributed by atoms with Crippen molar-refractivity contribution in [2.45, 2.75) is 77.5 Å².